The van der Waals surface area contributed by atoms with Crippen LogP contribution in [0.1, 0.15) is 18.1 Å². The molecule has 0 bridgehead atoms. The van der Waals surface area contributed by atoms with Crippen molar-refractivity contribution in [2.45, 2.75) is 20.8 Å². The van der Waals surface area contributed by atoms with E-state index in [2.05, 4.69) is 16.2 Å². The summed E-state index contributed by atoms with van der Waals surface area (Å²) in [6, 6.07) is 5.80. The van der Waals surface area contributed by atoms with E-state index in [1.165, 1.54) is 0 Å². The molecule has 0 saturated heterocycles. The summed E-state index contributed by atoms with van der Waals surface area (Å²) in [4.78, 5) is 11.5. The van der Waals surface area contributed by atoms with Crippen LogP contribution in [0.3, 0.4) is 0 Å². The standard InChI is InChI=1S/C13H19N3O2S/c1-4-14-13(19)16-15-12(17)8-18-11-6-5-9(2)7-10(11)3/h5-7H,4,8H2,1-3H3,(H,15,17)(H2,14,16,19). The fourth-order valence-corrected chi connectivity index (χ4v) is 1.67. The summed E-state index contributed by atoms with van der Waals surface area (Å²) < 4.78 is 5.43. The van der Waals surface area contributed by atoms with Crippen molar-refractivity contribution in [2.24, 2.45) is 0 Å². The van der Waals surface area contributed by atoms with Gasteiger partial charge in [0.15, 0.2) is 11.7 Å². The second-order valence-corrected chi connectivity index (χ2v) is 4.50. The maximum Gasteiger partial charge on any atom is 0.276 e. The maximum atomic E-state index is 11.5. The predicted octanol–water partition coefficient (Wildman–Crippen LogP) is 1.20. The van der Waals surface area contributed by atoms with Gasteiger partial charge in [0.1, 0.15) is 5.75 Å². The zero-order chi connectivity index (χ0) is 14.3. The Morgan fingerprint density at radius 2 is 2.05 bits per heavy atom. The van der Waals surface area contributed by atoms with Crippen molar-refractivity contribution < 1.29 is 9.53 Å². The minimum Gasteiger partial charge on any atom is -0.483 e. The molecule has 0 fully saturated rings. The number of hydrogen-bond donors (Lipinski definition) is 3. The highest BCUT2D eigenvalue weighted by Gasteiger charge is 2.05. The zero-order valence-corrected chi connectivity index (χ0v) is 12.2. The maximum absolute atomic E-state index is 11.5. The first-order chi connectivity index (χ1) is 9.02. The van der Waals surface area contributed by atoms with E-state index >= 15 is 0 Å². The molecule has 1 aromatic rings. The first kappa shape index (κ1) is 15.2. The fourth-order valence-electron chi connectivity index (χ4n) is 1.47. The quantitative estimate of drug-likeness (QED) is 0.572. The summed E-state index contributed by atoms with van der Waals surface area (Å²) in [7, 11) is 0. The summed E-state index contributed by atoms with van der Waals surface area (Å²) in [5, 5.41) is 3.23. The molecule has 0 aliphatic carbocycles. The number of amides is 1. The number of benzene rings is 1. The Kier molecular flexibility index (Phi) is 6.08. The molecule has 0 unspecified atom stereocenters. The molecule has 5 nitrogen and oxygen atoms in total. The van der Waals surface area contributed by atoms with E-state index in [9.17, 15) is 4.79 Å². The highest BCUT2D eigenvalue weighted by Crippen LogP contribution is 2.18. The molecule has 19 heavy (non-hydrogen) atoms. The zero-order valence-electron chi connectivity index (χ0n) is 11.4. The first-order valence-electron chi connectivity index (χ1n) is 6.05. The smallest absolute Gasteiger partial charge is 0.276 e. The van der Waals surface area contributed by atoms with Gasteiger partial charge in [0.05, 0.1) is 0 Å². The third-order valence-corrected chi connectivity index (χ3v) is 2.59. The Bertz CT molecular complexity index is 463. The molecule has 0 atom stereocenters. The molecule has 1 rings (SSSR count). The minimum atomic E-state index is -0.291. The molecule has 104 valence electrons. The lowest BCUT2D eigenvalue weighted by molar-refractivity contribution is -0.123. The number of aryl methyl sites for hydroxylation is 2. The highest BCUT2D eigenvalue weighted by atomic mass is 32.1. The largest absolute Gasteiger partial charge is 0.483 e. The van der Waals surface area contributed by atoms with Crippen LogP contribution in [0.4, 0.5) is 0 Å². The third kappa shape index (κ3) is 5.56. The molecule has 6 heteroatoms. The van der Waals surface area contributed by atoms with Gasteiger partial charge >= 0.3 is 0 Å². The first-order valence-corrected chi connectivity index (χ1v) is 6.46. The lowest BCUT2D eigenvalue weighted by atomic mass is 10.1. The summed E-state index contributed by atoms with van der Waals surface area (Å²) in [5.74, 6) is 0.412. The molecule has 0 heterocycles. The lowest BCUT2D eigenvalue weighted by Gasteiger charge is -2.12. The van der Waals surface area contributed by atoms with Crippen molar-refractivity contribution in [1.82, 2.24) is 16.2 Å². The van der Waals surface area contributed by atoms with E-state index < -0.39 is 0 Å². The Morgan fingerprint density at radius 3 is 2.68 bits per heavy atom. The predicted molar refractivity (Wildman–Crippen MR) is 79.0 cm³/mol. The molecule has 0 saturated carbocycles. The molecule has 0 radical (unpaired) electrons. The average molecular weight is 281 g/mol. The van der Waals surface area contributed by atoms with Gasteiger partial charge in [0.2, 0.25) is 0 Å². The number of nitrogens with one attached hydrogen (secondary N) is 3. The average Bonchev–Trinajstić information content (AvgIpc) is 2.35. The number of thiocarbonyl (C=S) groups is 1. The Labute approximate surface area is 118 Å². The summed E-state index contributed by atoms with van der Waals surface area (Å²) in [5.41, 5.74) is 7.20. The van der Waals surface area contributed by atoms with Crippen LogP contribution in [-0.4, -0.2) is 24.2 Å². The SMILES string of the molecule is CCNC(=S)NNC(=O)COc1ccc(C)cc1C. The topological polar surface area (TPSA) is 62.4 Å². The number of carbonyl (C=O) groups is 1. The van der Waals surface area contributed by atoms with Gasteiger partial charge in [-0.25, -0.2) is 0 Å². The monoisotopic (exact) mass is 281 g/mol. The third-order valence-electron chi connectivity index (χ3n) is 2.34. The van der Waals surface area contributed by atoms with Gasteiger partial charge in [0.25, 0.3) is 5.91 Å². The van der Waals surface area contributed by atoms with E-state index in [0.29, 0.717) is 17.4 Å². The molecule has 0 aliphatic rings. The van der Waals surface area contributed by atoms with Crippen LogP contribution in [0.25, 0.3) is 0 Å². The van der Waals surface area contributed by atoms with Crippen molar-refractivity contribution in [2.75, 3.05) is 13.2 Å². The number of rotatable bonds is 4. The van der Waals surface area contributed by atoms with Gasteiger partial charge in [-0.3, -0.25) is 15.6 Å². The molecule has 0 aliphatic heterocycles. The summed E-state index contributed by atoms with van der Waals surface area (Å²) >= 11 is 4.91. The van der Waals surface area contributed by atoms with Crippen LogP contribution in [0.5, 0.6) is 5.75 Å². The van der Waals surface area contributed by atoms with E-state index in [0.717, 1.165) is 11.1 Å². The summed E-state index contributed by atoms with van der Waals surface area (Å²) in [6.45, 7) is 6.50. The van der Waals surface area contributed by atoms with Gasteiger partial charge in [0, 0.05) is 6.54 Å². The van der Waals surface area contributed by atoms with Crippen LogP contribution in [0.15, 0.2) is 18.2 Å². The molecule has 1 aromatic carbocycles. The fraction of sp³-hybridized carbons (Fsp3) is 0.385. The second kappa shape index (κ2) is 7.58. The molecular formula is C13H19N3O2S. The van der Waals surface area contributed by atoms with E-state index in [-0.39, 0.29) is 12.5 Å². The van der Waals surface area contributed by atoms with E-state index in [1.54, 1.807) is 0 Å². The Hall–Kier alpha value is -1.82. The normalized spacial score (nSPS) is 9.63. The van der Waals surface area contributed by atoms with Crippen molar-refractivity contribution in [1.29, 1.82) is 0 Å². The van der Waals surface area contributed by atoms with Gasteiger partial charge in [-0.05, 0) is 44.6 Å². The molecule has 0 spiro atoms. The Balaban J connectivity index is 2.36. The minimum absolute atomic E-state index is 0.0638. The molecular weight excluding hydrogens is 262 g/mol. The van der Waals surface area contributed by atoms with Crippen molar-refractivity contribution in [3.63, 3.8) is 0 Å². The van der Waals surface area contributed by atoms with Crippen LogP contribution < -0.4 is 20.9 Å². The number of hydrazine groups is 1. The highest BCUT2D eigenvalue weighted by molar-refractivity contribution is 7.80. The van der Waals surface area contributed by atoms with Crippen molar-refractivity contribution in [3.05, 3.63) is 29.3 Å². The van der Waals surface area contributed by atoms with Crippen molar-refractivity contribution in [3.8, 4) is 5.75 Å². The van der Waals surface area contributed by atoms with Gasteiger partial charge in [-0.1, -0.05) is 17.7 Å². The number of ether oxygens (including phenoxy) is 1. The number of hydrogen-bond acceptors (Lipinski definition) is 3. The Morgan fingerprint density at radius 1 is 1.32 bits per heavy atom. The van der Waals surface area contributed by atoms with Crippen LogP contribution in [0.2, 0.25) is 0 Å². The van der Waals surface area contributed by atoms with Crippen LogP contribution >= 0.6 is 12.2 Å². The lowest BCUT2D eigenvalue weighted by Crippen LogP contribution is -2.48. The summed E-state index contributed by atoms with van der Waals surface area (Å²) in [6.07, 6.45) is 0. The molecule has 1 amide bonds. The van der Waals surface area contributed by atoms with Gasteiger partial charge < -0.3 is 10.1 Å². The van der Waals surface area contributed by atoms with E-state index in [4.69, 9.17) is 17.0 Å². The van der Waals surface area contributed by atoms with Gasteiger partial charge in [-0.15, -0.1) is 0 Å². The second-order valence-electron chi connectivity index (χ2n) is 4.09. The van der Waals surface area contributed by atoms with Crippen LogP contribution in [0, 0.1) is 13.8 Å². The van der Waals surface area contributed by atoms with E-state index in [1.807, 2.05) is 39.0 Å². The van der Waals surface area contributed by atoms with Crippen LogP contribution in [-0.2, 0) is 4.79 Å². The number of carbonyl (C=O) groups excluding carboxylic acids is 1. The van der Waals surface area contributed by atoms with Gasteiger partial charge in [-0.2, -0.15) is 0 Å². The molecule has 3 N–H and O–H groups in total. The van der Waals surface area contributed by atoms with Crippen molar-refractivity contribution >= 4 is 23.2 Å². The molecule has 0 aromatic heterocycles.